The van der Waals surface area contributed by atoms with Crippen LogP contribution in [0.4, 0.5) is 5.69 Å². The van der Waals surface area contributed by atoms with Crippen molar-refractivity contribution in [2.24, 2.45) is 4.99 Å². The van der Waals surface area contributed by atoms with Gasteiger partial charge in [0.05, 0.1) is 5.69 Å². The summed E-state index contributed by atoms with van der Waals surface area (Å²) in [4.78, 5) is 4.55. The Balaban J connectivity index is 2.56. The highest BCUT2D eigenvalue weighted by Crippen LogP contribution is 2.22. The van der Waals surface area contributed by atoms with Gasteiger partial charge in [0.1, 0.15) is 0 Å². The first-order valence-electron chi connectivity index (χ1n) is 5.84. The fourth-order valence-corrected chi connectivity index (χ4v) is 1.65. The minimum Gasteiger partial charge on any atom is -0.261 e. The van der Waals surface area contributed by atoms with Crippen LogP contribution in [0.15, 0.2) is 23.2 Å². The molecule has 15 heavy (non-hydrogen) atoms. The summed E-state index contributed by atoms with van der Waals surface area (Å²) in [6, 6.07) is 6.32. The van der Waals surface area contributed by atoms with Gasteiger partial charge in [0.2, 0.25) is 0 Å². The van der Waals surface area contributed by atoms with Gasteiger partial charge in [-0.3, -0.25) is 4.99 Å². The molecule has 0 aromatic heterocycles. The second-order valence-corrected chi connectivity index (χ2v) is 4.05. The van der Waals surface area contributed by atoms with Crippen molar-refractivity contribution in [2.75, 3.05) is 0 Å². The van der Waals surface area contributed by atoms with E-state index in [1.807, 2.05) is 0 Å². The topological polar surface area (TPSA) is 12.4 Å². The van der Waals surface area contributed by atoms with Gasteiger partial charge in [-0.1, -0.05) is 38.0 Å². The average molecular weight is 203 g/mol. The molecule has 0 bridgehead atoms. The van der Waals surface area contributed by atoms with E-state index >= 15 is 0 Å². The molecule has 1 nitrogen and oxygen atoms in total. The third kappa shape index (κ3) is 3.86. The van der Waals surface area contributed by atoms with Crippen molar-refractivity contribution in [3.63, 3.8) is 0 Å². The zero-order valence-electron chi connectivity index (χ0n) is 10.1. The van der Waals surface area contributed by atoms with Crippen LogP contribution < -0.4 is 0 Å². The van der Waals surface area contributed by atoms with E-state index in [-0.39, 0.29) is 0 Å². The molecule has 0 saturated carbocycles. The van der Waals surface area contributed by atoms with E-state index in [9.17, 15) is 0 Å². The summed E-state index contributed by atoms with van der Waals surface area (Å²) in [7, 11) is 0. The van der Waals surface area contributed by atoms with Crippen LogP contribution in [0.3, 0.4) is 0 Å². The number of rotatable bonds is 5. The maximum Gasteiger partial charge on any atom is 0.0683 e. The first kappa shape index (κ1) is 12.0. The predicted octanol–water partition coefficient (Wildman–Crippen LogP) is 4.59. The monoisotopic (exact) mass is 203 g/mol. The number of hydrogen-bond acceptors (Lipinski definition) is 1. The van der Waals surface area contributed by atoms with Gasteiger partial charge in [0.25, 0.3) is 0 Å². The number of nitrogens with zero attached hydrogens (tertiary/aromatic N) is 1. The molecule has 0 atom stereocenters. The van der Waals surface area contributed by atoms with Crippen LogP contribution in [-0.4, -0.2) is 6.21 Å². The Kier molecular flexibility index (Phi) is 5.09. The summed E-state index contributed by atoms with van der Waals surface area (Å²) in [6.45, 7) is 6.46. The highest BCUT2D eigenvalue weighted by molar-refractivity contribution is 5.66. The largest absolute Gasteiger partial charge is 0.261 e. The fourth-order valence-electron chi connectivity index (χ4n) is 1.65. The molecule has 0 heterocycles. The van der Waals surface area contributed by atoms with Gasteiger partial charge in [-0.25, -0.2) is 0 Å². The molecule has 0 unspecified atom stereocenters. The van der Waals surface area contributed by atoms with Crippen molar-refractivity contribution in [1.82, 2.24) is 0 Å². The number of para-hydroxylation sites is 1. The molecule has 1 aromatic carbocycles. The average Bonchev–Trinajstić information content (AvgIpc) is 2.21. The van der Waals surface area contributed by atoms with Crippen molar-refractivity contribution in [3.05, 3.63) is 29.3 Å². The summed E-state index contributed by atoms with van der Waals surface area (Å²) in [5.74, 6) is 0. The fraction of sp³-hybridized carbons (Fsp3) is 0.500. The molecule has 1 heteroatoms. The van der Waals surface area contributed by atoms with E-state index in [0.717, 1.165) is 12.1 Å². The number of hydrogen-bond donors (Lipinski definition) is 0. The van der Waals surface area contributed by atoms with Crippen LogP contribution in [0.2, 0.25) is 0 Å². The predicted molar refractivity (Wildman–Crippen MR) is 68.2 cm³/mol. The third-order valence-electron chi connectivity index (χ3n) is 2.60. The Morgan fingerprint density at radius 2 is 1.80 bits per heavy atom. The summed E-state index contributed by atoms with van der Waals surface area (Å²) in [5, 5.41) is 0. The van der Waals surface area contributed by atoms with E-state index in [0.29, 0.717) is 0 Å². The summed E-state index contributed by atoms with van der Waals surface area (Å²) >= 11 is 0. The molecule has 0 aliphatic carbocycles. The van der Waals surface area contributed by atoms with Gasteiger partial charge < -0.3 is 0 Å². The SMILES string of the molecule is CCCCC/C=N\c1c(C)cccc1C. The molecule has 1 aromatic rings. The second kappa shape index (κ2) is 6.39. The lowest BCUT2D eigenvalue weighted by Crippen LogP contribution is -1.82. The Morgan fingerprint density at radius 1 is 1.13 bits per heavy atom. The molecule has 0 radical (unpaired) electrons. The minimum absolute atomic E-state index is 1.10. The van der Waals surface area contributed by atoms with Crippen LogP contribution in [0.25, 0.3) is 0 Å². The first-order valence-corrected chi connectivity index (χ1v) is 5.84. The van der Waals surface area contributed by atoms with Gasteiger partial charge in [0, 0.05) is 6.21 Å². The second-order valence-electron chi connectivity index (χ2n) is 4.05. The van der Waals surface area contributed by atoms with Gasteiger partial charge in [-0.05, 0) is 37.8 Å². The highest BCUT2D eigenvalue weighted by Gasteiger charge is 1.97. The number of benzene rings is 1. The maximum absolute atomic E-state index is 4.55. The lowest BCUT2D eigenvalue weighted by Gasteiger charge is -2.03. The van der Waals surface area contributed by atoms with E-state index in [1.165, 1.54) is 30.4 Å². The van der Waals surface area contributed by atoms with Crippen LogP contribution in [0.1, 0.15) is 43.7 Å². The third-order valence-corrected chi connectivity index (χ3v) is 2.60. The molecule has 0 aliphatic rings. The van der Waals surface area contributed by atoms with Crippen molar-refractivity contribution in [3.8, 4) is 0 Å². The van der Waals surface area contributed by atoms with Crippen molar-refractivity contribution in [2.45, 2.75) is 46.5 Å². The van der Waals surface area contributed by atoms with Crippen molar-refractivity contribution < 1.29 is 0 Å². The molecule has 0 N–H and O–H groups in total. The highest BCUT2D eigenvalue weighted by atomic mass is 14.7. The Morgan fingerprint density at radius 3 is 2.40 bits per heavy atom. The standard InChI is InChI=1S/C14H21N/c1-4-5-6-7-11-15-14-12(2)9-8-10-13(14)3/h8-11H,4-7H2,1-3H3/b15-11-. The number of aryl methyl sites for hydroxylation is 2. The zero-order chi connectivity index (χ0) is 11.1. The van der Waals surface area contributed by atoms with Crippen molar-refractivity contribution >= 4 is 11.9 Å². The van der Waals surface area contributed by atoms with Crippen LogP contribution in [-0.2, 0) is 0 Å². The van der Waals surface area contributed by atoms with Crippen molar-refractivity contribution in [1.29, 1.82) is 0 Å². The molecular formula is C14H21N. The van der Waals surface area contributed by atoms with Gasteiger partial charge in [-0.15, -0.1) is 0 Å². The Hall–Kier alpha value is -1.11. The number of aliphatic imine (C=N–C) groups is 1. The van der Waals surface area contributed by atoms with Crippen LogP contribution in [0, 0.1) is 13.8 Å². The summed E-state index contributed by atoms with van der Waals surface area (Å²) in [6.07, 6.45) is 6.99. The Bertz CT molecular complexity index is 306. The quantitative estimate of drug-likeness (QED) is 0.490. The molecule has 1 rings (SSSR count). The molecule has 0 saturated heterocycles. The van der Waals surface area contributed by atoms with E-state index in [2.05, 4.69) is 50.2 Å². The van der Waals surface area contributed by atoms with E-state index < -0.39 is 0 Å². The summed E-state index contributed by atoms with van der Waals surface area (Å²) < 4.78 is 0. The lowest BCUT2D eigenvalue weighted by atomic mass is 10.1. The van der Waals surface area contributed by atoms with E-state index in [1.54, 1.807) is 0 Å². The molecular weight excluding hydrogens is 182 g/mol. The van der Waals surface area contributed by atoms with Crippen LogP contribution in [0.5, 0.6) is 0 Å². The first-order chi connectivity index (χ1) is 7.25. The Labute approximate surface area is 93.2 Å². The normalized spacial score (nSPS) is 11.1. The van der Waals surface area contributed by atoms with E-state index in [4.69, 9.17) is 0 Å². The summed E-state index contributed by atoms with van der Waals surface area (Å²) in [5.41, 5.74) is 3.68. The molecule has 0 spiro atoms. The zero-order valence-corrected chi connectivity index (χ0v) is 10.1. The smallest absolute Gasteiger partial charge is 0.0683 e. The molecule has 0 aliphatic heterocycles. The van der Waals surface area contributed by atoms with Gasteiger partial charge >= 0.3 is 0 Å². The molecule has 0 fully saturated rings. The van der Waals surface area contributed by atoms with Gasteiger partial charge in [-0.2, -0.15) is 0 Å². The van der Waals surface area contributed by atoms with Crippen LogP contribution >= 0.6 is 0 Å². The number of unbranched alkanes of at least 4 members (excludes halogenated alkanes) is 3. The maximum atomic E-state index is 4.55. The lowest BCUT2D eigenvalue weighted by molar-refractivity contribution is 0.746. The minimum atomic E-state index is 1.10. The molecule has 82 valence electrons. The van der Waals surface area contributed by atoms with Gasteiger partial charge in [0.15, 0.2) is 0 Å². The molecule has 0 amide bonds.